The number of rotatable bonds is 7. The maximum absolute atomic E-state index is 12.4. The van der Waals surface area contributed by atoms with Crippen molar-refractivity contribution in [2.45, 2.75) is 32.1 Å². The van der Waals surface area contributed by atoms with Gasteiger partial charge in [-0.3, -0.25) is 14.6 Å². The Morgan fingerprint density at radius 3 is 2.75 bits per heavy atom. The fourth-order valence-electron chi connectivity index (χ4n) is 3.52. The fraction of sp³-hybridized carbons (Fsp3) is 0.409. The fourth-order valence-corrected chi connectivity index (χ4v) is 3.52. The van der Waals surface area contributed by atoms with Crippen molar-refractivity contribution in [3.8, 4) is 5.75 Å². The van der Waals surface area contributed by atoms with Gasteiger partial charge in [0.2, 0.25) is 11.8 Å². The maximum atomic E-state index is 12.4. The number of piperidine rings is 1. The smallest absolute Gasteiger partial charge is 0.227 e. The molecule has 2 amide bonds. The van der Waals surface area contributed by atoms with Crippen LogP contribution in [0.25, 0.3) is 0 Å². The molecule has 0 aliphatic carbocycles. The highest BCUT2D eigenvalue weighted by atomic mass is 16.5. The maximum Gasteiger partial charge on any atom is 0.227 e. The van der Waals surface area contributed by atoms with Gasteiger partial charge >= 0.3 is 0 Å². The van der Waals surface area contributed by atoms with Gasteiger partial charge in [-0.2, -0.15) is 0 Å². The Kier molecular flexibility index (Phi) is 7.00. The summed E-state index contributed by atoms with van der Waals surface area (Å²) < 4.78 is 5.17. The van der Waals surface area contributed by atoms with E-state index in [0.29, 0.717) is 18.8 Å². The Morgan fingerprint density at radius 2 is 2.04 bits per heavy atom. The van der Waals surface area contributed by atoms with Crippen LogP contribution in [-0.2, 0) is 16.0 Å². The van der Waals surface area contributed by atoms with Gasteiger partial charge in [0, 0.05) is 43.7 Å². The molecule has 28 heavy (non-hydrogen) atoms. The van der Waals surface area contributed by atoms with Crippen LogP contribution < -0.4 is 10.1 Å². The number of carbonyl (C=O) groups excluding carboxylic acids is 2. The van der Waals surface area contributed by atoms with Gasteiger partial charge in [-0.05, 0) is 48.9 Å². The van der Waals surface area contributed by atoms with Gasteiger partial charge in [-0.15, -0.1) is 0 Å². The Labute approximate surface area is 165 Å². The van der Waals surface area contributed by atoms with Crippen LogP contribution in [-0.4, -0.2) is 41.9 Å². The lowest BCUT2D eigenvalue weighted by Gasteiger charge is -2.32. The van der Waals surface area contributed by atoms with E-state index < -0.39 is 0 Å². The van der Waals surface area contributed by atoms with E-state index in [1.807, 2.05) is 41.3 Å². The number of nitrogens with one attached hydrogen (secondary N) is 1. The SMILES string of the molecule is COc1cccc(NC(=O)CCC2CCN(C(=O)Cc3cccnc3)CC2)c1. The van der Waals surface area contributed by atoms with Crippen LogP contribution in [0.5, 0.6) is 5.75 Å². The second-order valence-corrected chi connectivity index (χ2v) is 7.18. The van der Waals surface area contributed by atoms with E-state index in [9.17, 15) is 9.59 Å². The third kappa shape index (κ3) is 5.81. The first kappa shape index (κ1) is 19.9. The molecule has 0 spiro atoms. The van der Waals surface area contributed by atoms with Crippen LogP contribution in [0.2, 0.25) is 0 Å². The first-order chi connectivity index (χ1) is 13.6. The summed E-state index contributed by atoms with van der Waals surface area (Å²) in [5.41, 5.74) is 1.70. The molecule has 0 unspecified atom stereocenters. The number of pyridine rings is 1. The van der Waals surface area contributed by atoms with Crippen molar-refractivity contribution in [1.29, 1.82) is 0 Å². The molecule has 1 aromatic heterocycles. The summed E-state index contributed by atoms with van der Waals surface area (Å²) in [7, 11) is 1.61. The van der Waals surface area contributed by atoms with Crippen LogP contribution in [0.1, 0.15) is 31.2 Å². The number of carbonyl (C=O) groups is 2. The van der Waals surface area contributed by atoms with E-state index in [0.717, 1.165) is 49.4 Å². The molecule has 1 aromatic carbocycles. The normalized spacial score (nSPS) is 14.5. The van der Waals surface area contributed by atoms with E-state index >= 15 is 0 Å². The van der Waals surface area contributed by atoms with Crippen molar-refractivity contribution in [2.24, 2.45) is 5.92 Å². The predicted molar refractivity (Wildman–Crippen MR) is 108 cm³/mol. The monoisotopic (exact) mass is 381 g/mol. The zero-order valence-electron chi connectivity index (χ0n) is 16.3. The summed E-state index contributed by atoms with van der Waals surface area (Å²) in [4.78, 5) is 30.6. The van der Waals surface area contributed by atoms with Crippen molar-refractivity contribution in [3.05, 3.63) is 54.4 Å². The molecule has 3 rings (SSSR count). The first-order valence-electron chi connectivity index (χ1n) is 9.74. The minimum atomic E-state index is 0.0170. The number of likely N-dealkylation sites (tertiary alicyclic amines) is 1. The number of methoxy groups -OCH3 is 1. The second kappa shape index (κ2) is 9.88. The molecule has 0 bridgehead atoms. The summed E-state index contributed by atoms with van der Waals surface area (Å²) in [6, 6.07) is 11.1. The molecule has 1 fully saturated rings. The Morgan fingerprint density at radius 1 is 1.21 bits per heavy atom. The number of benzene rings is 1. The molecule has 1 saturated heterocycles. The van der Waals surface area contributed by atoms with Gasteiger partial charge in [0.1, 0.15) is 5.75 Å². The molecule has 6 heteroatoms. The molecule has 148 valence electrons. The van der Waals surface area contributed by atoms with Crippen LogP contribution in [0.15, 0.2) is 48.8 Å². The highest BCUT2D eigenvalue weighted by molar-refractivity contribution is 5.90. The van der Waals surface area contributed by atoms with Gasteiger partial charge in [-0.25, -0.2) is 0 Å². The molecule has 1 N–H and O–H groups in total. The lowest BCUT2D eigenvalue weighted by atomic mass is 9.91. The van der Waals surface area contributed by atoms with E-state index in [1.54, 1.807) is 19.5 Å². The van der Waals surface area contributed by atoms with Gasteiger partial charge in [0.25, 0.3) is 0 Å². The molecule has 1 aliphatic heterocycles. The Balaban J connectivity index is 1.38. The standard InChI is InChI=1S/C22H27N3O3/c1-28-20-6-2-5-19(15-20)24-21(26)8-7-17-9-12-25(13-10-17)22(27)14-18-4-3-11-23-16-18/h2-6,11,15-17H,7-10,12-14H2,1H3,(H,24,26). The molecular formula is C22H27N3O3. The Bertz CT molecular complexity index is 787. The number of ether oxygens (including phenoxy) is 1. The summed E-state index contributed by atoms with van der Waals surface area (Å²) in [5.74, 6) is 1.38. The lowest BCUT2D eigenvalue weighted by molar-refractivity contribution is -0.132. The van der Waals surface area contributed by atoms with Crippen molar-refractivity contribution in [3.63, 3.8) is 0 Å². The van der Waals surface area contributed by atoms with E-state index in [2.05, 4.69) is 10.3 Å². The van der Waals surface area contributed by atoms with Gasteiger partial charge in [-0.1, -0.05) is 12.1 Å². The third-order valence-electron chi connectivity index (χ3n) is 5.18. The van der Waals surface area contributed by atoms with Crippen LogP contribution >= 0.6 is 0 Å². The number of nitrogens with zero attached hydrogens (tertiary/aromatic N) is 2. The second-order valence-electron chi connectivity index (χ2n) is 7.18. The summed E-state index contributed by atoms with van der Waals surface area (Å²) >= 11 is 0. The number of amides is 2. The predicted octanol–water partition coefficient (Wildman–Crippen LogP) is 3.29. The summed E-state index contributed by atoms with van der Waals surface area (Å²) in [6.45, 7) is 1.53. The number of hydrogen-bond acceptors (Lipinski definition) is 4. The average molecular weight is 381 g/mol. The van der Waals surface area contributed by atoms with Crippen molar-refractivity contribution in [2.75, 3.05) is 25.5 Å². The largest absolute Gasteiger partial charge is 0.497 e. The average Bonchev–Trinajstić information content (AvgIpc) is 2.73. The summed E-state index contributed by atoms with van der Waals surface area (Å²) in [6.07, 6.45) is 7.10. The molecule has 6 nitrogen and oxygen atoms in total. The van der Waals surface area contributed by atoms with Gasteiger partial charge in [0.15, 0.2) is 0 Å². The minimum Gasteiger partial charge on any atom is -0.497 e. The van der Waals surface area contributed by atoms with Crippen LogP contribution in [0, 0.1) is 5.92 Å². The zero-order valence-corrected chi connectivity index (χ0v) is 16.3. The molecule has 2 heterocycles. The third-order valence-corrected chi connectivity index (χ3v) is 5.18. The van der Waals surface area contributed by atoms with E-state index in [-0.39, 0.29) is 11.8 Å². The lowest BCUT2D eigenvalue weighted by Crippen LogP contribution is -2.39. The van der Waals surface area contributed by atoms with Gasteiger partial charge < -0.3 is 15.0 Å². The van der Waals surface area contributed by atoms with Crippen molar-refractivity contribution >= 4 is 17.5 Å². The van der Waals surface area contributed by atoms with E-state index in [1.165, 1.54) is 0 Å². The van der Waals surface area contributed by atoms with Crippen molar-refractivity contribution in [1.82, 2.24) is 9.88 Å². The number of aromatic nitrogens is 1. The molecular weight excluding hydrogens is 354 g/mol. The first-order valence-corrected chi connectivity index (χ1v) is 9.74. The van der Waals surface area contributed by atoms with Crippen LogP contribution in [0.3, 0.4) is 0 Å². The molecule has 2 aromatic rings. The summed E-state index contributed by atoms with van der Waals surface area (Å²) in [5, 5.41) is 2.92. The number of anilines is 1. The van der Waals surface area contributed by atoms with Gasteiger partial charge in [0.05, 0.1) is 13.5 Å². The molecule has 1 aliphatic rings. The quantitative estimate of drug-likeness (QED) is 0.799. The van der Waals surface area contributed by atoms with E-state index in [4.69, 9.17) is 4.74 Å². The molecule has 0 saturated carbocycles. The van der Waals surface area contributed by atoms with Crippen molar-refractivity contribution < 1.29 is 14.3 Å². The topological polar surface area (TPSA) is 71.5 Å². The minimum absolute atomic E-state index is 0.0170. The zero-order chi connectivity index (χ0) is 19.8. The van der Waals surface area contributed by atoms with Crippen LogP contribution in [0.4, 0.5) is 5.69 Å². The molecule has 0 radical (unpaired) electrons. The highest BCUT2D eigenvalue weighted by Crippen LogP contribution is 2.23. The molecule has 0 atom stereocenters. The highest BCUT2D eigenvalue weighted by Gasteiger charge is 2.23. The Hall–Kier alpha value is -2.89. The number of hydrogen-bond donors (Lipinski definition) is 1.